The average Bonchev–Trinajstić information content (AvgIpc) is 3.56. The van der Waals surface area contributed by atoms with E-state index in [9.17, 15) is 9.59 Å². The predicted molar refractivity (Wildman–Crippen MR) is 126 cm³/mol. The third-order valence-corrected chi connectivity index (χ3v) is 5.92. The molecular weight excluding hydrogens is 438 g/mol. The SMILES string of the molecule is COc1ccc(CNC(=O)[C@H](c2ccco2)N(C(=O)Cc2cccs2)c2cccnc2)cc1. The molecule has 0 bridgehead atoms. The fourth-order valence-corrected chi connectivity index (χ4v) is 4.13. The monoisotopic (exact) mass is 461 g/mol. The molecule has 0 fully saturated rings. The van der Waals surface area contributed by atoms with E-state index in [4.69, 9.17) is 9.15 Å². The second-order valence-electron chi connectivity index (χ2n) is 7.21. The molecule has 1 atom stereocenters. The Morgan fingerprint density at radius 2 is 1.97 bits per heavy atom. The van der Waals surface area contributed by atoms with Crippen molar-refractivity contribution in [2.75, 3.05) is 12.0 Å². The van der Waals surface area contributed by atoms with E-state index in [0.717, 1.165) is 16.2 Å². The summed E-state index contributed by atoms with van der Waals surface area (Å²) in [4.78, 5) is 33.4. The molecule has 168 valence electrons. The summed E-state index contributed by atoms with van der Waals surface area (Å²) >= 11 is 1.49. The molecule has 0 aliphatic carbocycles. The maximum atomic E-state index is 13.5. The molecule has 4 rings (SSSR count). The standard InChI is InChI=1S/C25H23N3O4S/c1-31-20-10-8-18(9-11-20)16-27-25(30)24(22-7-3-13-32-22)28(19-5-2-12-26-17-19)23(29)15-21-6-4-14-33-21/h2-14,17,24H,15-16H2,1H3,(H,27,30)/t24-/m0/s1. The first-order chi connectivity index (χ1) is 16.2. The van der Waals surface area contributed by atoms with Crippen LogP contribution in [-0.4, -0.2) is 23.9 Å². The Labute approximate surface area is 195 Å². The summed E-state index contributed by atoms with van der Waals surface area (Å²) in [6.07, 6.45) is 4.84. The molecule has 0 spiro atoms. The first-order valence-corrected chi connectivity index (χ1v) is 11.2. The van der Waals surface area contributed by atoms with Crippen LogP contribution < -0.4 is 15.0 Å². The summed E-state index contributed by atoms with van der Waals surface area (Å²) in [5.74, 6) is 0.515. The van der Waals surface area contributed by atoms with Crippen LogP contribution in [0.4, 0.5) is 5.69 Å². The number of ether oxygens (including phenoxy) is 1. The van der Waals surface area contributed by atoms with Gasteiger partial charge in [-0.1, -0.05) is 18.2 Å². The van der Waals surface area contributed by atoms with Crippen molar-refractivity contribution in [3.63, 3.8) is 0 Å². The third-order valence-electron chi connectivity index (χ3n) is 5.04. The summed E-state index contributed by atoms with van der Waals surface area (Å²) in [5.41, 5.74) is 1.42. The van der Waals surface area contributed by atoms with Crippen LogP contribution in [-0.2, 0) is 22.6 Å². The molecule has 8 heteroatoms. The lowest BCUT2D eigenvalue weighted by molar-refractivity contribution is -0.127. The van der Waals surface area contributed by atoms with Crippen molar-refractivity contribution in [2.24, 2.45) is 0 Å². The Balaban J connectivity index is 1.63. The average molecular weight is 462 g/mol. The molecule has 3 aromatic heterocycles. The van der Waals surface area contributed by atoms with Gasteiger partial charge < -0.3 is 14.5 Å². The van der Waals surface area contributed by atoms with Crippen LogP contribution in [0.5, 0.6) is 5.75 Å². The largest absolute Gasteiger partial charge is 0.497 e. The molecule has 4 aromatic rings. The Bertz CT molecular complexity index is 1160. The smallest absolute Gasteiger partial charge is 0.251 e. The molecule has 33 heavy (non-hydrogen) atoms. The molecule has 3 heterocycles. The number of benzene rings is 1. The van der Waals surface area contributed by atoms with Crippen molar-refractivity contribution in [1.29, 1.82) is 0 Å². The minimum Gasteiger partial charge on any atom is -0.497 e. The van der Waals surface area contributed by atoms with Crippen molar-refractivity contribution >= 4 is 28.8 Å². The lowest BCUT2D eigenvalue weighted by atomic mass is 10.1. The van der Waals surface area contributed by atoms with Crippen LogP contribution in [0.15, 0.2) is 89.1 Å². The first kappa shape index (κ1) is 22.3. The fourth-order valence-electron chi connectivity index (χ4n) is 3.43. The maximum Gasteiger partial charge on any atom is 0.251 e. The van der Waals surface area contributed by atoms with E-state index < -0.39 is 6.04 Å². The summed E-state index contributed by atoms with van der Waals surface area (Å²) < 4.78 is 10.8. The van der Waals surface area contributed by atoms with Crippen LogP contribution in [0.3, 0.4) is 0 Å². The maximum absolute atomic E-state index is 13.5. The van der Waals surface area contributed by atoms with E-state index in [1.165, 1.54) is 22.5 Å². The fraction of sp³-hybridized carbons (Fsp3) is 0.160. The van der Waals surface area contributed by atoms with Gasteiger partial charge in [0.2, 0.25) is 5.91 Å². The zero-order chi connectivity index (χ0) is 23.0. The molecule has 1 aromatic carbocycles. The van der Waals surface area contributed by atoms with Crippen molar-refractivity contribution in [1.82, 2.24) is 10.3 Å². The number of methoxy groups -OCH3 is 1. The number of anilines is 1. The number of rotatable bonds is 9. The normalized spacial score (nSPS) is 11.5. The van der Waals surface area contributed by atoms with E-state index in [0.29, 0.717) is 18.0 Å². The minimum atomic E-state index is -0.991. The van der Waals surface area contributed by atoms with Gasteiger partial charge in [0.05, 0.1) is 31.7 Å². The zero-order valence-corrected chi connectivity index (χ0v) is 18.8. The van der Waals surface area contributed by atoms with E-state index in [2.05, 4.69) is 10.3 Å². The quantitative estimate of drug-likeness (QED) is 0.400. The van der Waals surface area contributed by atoms with Gasteiger partial charge in [-0.25, -0.2) is 0 Å². The third kappa shape index (κ3) is 5.48. The lowest BCUT2D eigenvalue weighted by Gasteiger charge is -2.29. The summed E-state index contributed by atoms with van der Waals surface area (Å²) in [7, 11) is 1.60. The predicted octanol–water partition coefficient (Wildman–Crippen LogP) is 4.38. The summed E-state index contributed by atoms with van der Waals surface area (Å²) in [6.45, 7) is 0.292. The van der Waals surface area contributed by atoms with Crippen LogP contribution in [0.2, 0.25) is 0 Å². The number of carbonyl (C=O) groups excluding carboxylic acids is 2. The van der Waals surface area contributed by atoms with Crippen LogP contribution in [0, 0.1) is 0 Å². The van der Waals surface area contributed by atoms with E-state index >= 15 is 0 Å². The molecule has 7 nitrogen and oxygen atoms in total. The number of carbonyl (C=O) groups is 2. The molecule has 0 saturated heterocycles. The Morgan fingerprint density at radius 3 is 2.61 bits per heavy atom. The van der Waals surface area contributed by atoms with E-state index in [-0.39, 0.29) is 18.2 Å². The second kappa shape index (κ2) is 10.6. The molecule has 1 N–H and O–H groups in total. The second-order valence-corrected chi connectivity index (χ2v) is 8.25. The highest BCUT2D eigenvalue weighted by Gasteiger charge is 2.35. The van der Waals surface area contributed by atoms with Gasteiger partial charge in [-0.15, -0.1) is 11.3 Å². The number of thiophene rings is 1. The Hall–Kier alpha value is -3.91. The van der Waals surface area contributed by atoms with Crippen molar-refractivity contribution < 1.29 is 18.7 Å². The number of nitrogens with one attached hydrogen (secondary N) is 1. The number of pyridine rings is 1. The lowest BCUT2D eigenvalue weighted by Crippen LogP contribution is -2.44. The van der Waals surface area contributed by atoms with Crippen molar-refractivity contribution in [3.8, 4) is 5.75 Å². The molecular formula is C25H23N3O4S. The minimum absolute atomic E-state index is 0.162. The number of amides is 2. The van der Waals surface area contributed by atoms with Gasteiger partial charge in [0.1, 0.15) is 11.5 Å². The van der Waals surface area contributed by atoms with Crippen LogP contribution >= 0.6 is 11.3 Å². The number of hydrogen-bond acceptors (Lipinski definition) is 6. The van der Waals surface area contributed by atoms with Gasteiger partial charge in [0.25, 0.3) is 5.91 Å². The topological polar surface area (TPSA) is 84.7 Å². The number of hydrogen-bond donors (Lipinski definition) is 1. The molecule has 0 aliphatic heterocycles. The Morgan fingerprint density at radius 1 is 1.12 bits per heavy atom. The first-order valence-electron chi connectivity index (χ1n) is 10.3. The van der Waals surface area contributed by atoms with Crippen molar-refractivity contribution in [3.05, 3.63) is 101 Å². The van der Waals surface area contributed by atoms with Gasteiger partial charge in [0, 0.05) is 17.6 Å². The Kier molecular flexibility index (Phi) is 7.16. The van der Waals surface area contributed by atoms with Gasteiger partial charge in [-0.3, -0.25) is 19.5 Å². The molecule has 0 saturated carbocycles. The highest BCUT2D eigenvalue weighted by atomic mass is 32.1. The van der Waals surface area contributed by atoms with Gasteiger partial charge in [-0.05, 0) is 53.4 Å². The summed E-state index contributed by atoms with van der Waals surface area (Å²) in [5, 5.41) is 4.86. The molecule has 0 aliphatic rings. The van der Waals surface area contributed by atoms with E-state index in [1.807, 2.05) is 41.8 Å². The van der Waals surface area contributed by atoms with Gasteiger partial charge >= 0.3 is 0 Å². The highest BCUT2D eigenvalue weighted by Crippen LogP contribution is 2.29. The number of nitrogens with zero attached hydrogens (tertiary/aromatic N) is 2. The number of furan rings is 1. The van der Waals surface area contributed by atoms with Gasteiger partial charge in [-0.2, -0.15) is 0 Å². The molecule has 0 radical (unpaired) electrons. The number of aromatic nitrogens is 1. The van der Waals surface area contributed by atoms with E-state index in [1.54, 1.807) is 43.8 Å². The highest BCUT2D eigenvalue weighted by molar-refractivity contribution is 7.10. The van der Waals surface area contributed by atoms with Gasteiger partial charge in [0.15, 0.2) is 6.04 Å². The van der Waals surface area contributed by atoms with Crippen LogP contribution in [0.1, 0.15) is 22.2 Å². The summed E-state index contributed by atoms with van der Waals surface area (Å²) in [6, 6.07) is 17.1. The van der Waals surface area contributed by atoms with Crippen LogP contribution in [0.25, 0.3) is 0 Å². The molecule has 2 amide bonds. The van der Waals surface area contributed by atoms with Crippen molar-refractivity contribution in [2.45, 2.75) is 19.0 Å². The molecule has 0 unspecified atom stereocenters. The zero-order valence-electron chi connectivity index (χ0n) is 18.0.